The fourth-order valence-corrected chi connectivity index (χ4v) is 3.62. The molecule has 1 heterocycles. The SMILES string of the molecule is CC1(C)CCCCC1NC(=O)c1ccc2c(c1)CNCC2. The van der Waals surface area contributed by atoms with Crippen molar-refractivity contribution in [2.24, 2.45) is 5.41 Å². The van der Waals surface area contributed by atoms with Crippen LogP contribution in [-0.4, -0.2) is 18.5 Å². The first-order chi connectivity index (χ1) is 10.1. The first-order valence-corrected chi connectivity index (χ1v) is 8.20. The first-order valence-electron chi connectivity index (χ1n) is 8.20. The molecule has 2 aliphatic rings. The Bertz CT molecular complexity index is 536. The number of benzene rings is 1. The molecule has 114 valence electrons. The van der Waals surface area contributed by atoms with Gasteiger partial charge in [0.2, 0.25) is 0 Å². The zero-order valence-electron chi connectivity index (χ0n) is 13.2. The molecule has 1 aliphatic heterocycles. The van der Waals surface area contributed by atoms with E-state index < -0.39 is 0 Å². The molecule has 1 unspecified atom stereocenters. The van der Waals surface area contributed by atoms with Crippen LogP contribution in [0.25, 0.3) is 0 Å². The minimum absolute atomic E-state index is 0.0864. The zero-order chi connectivity index (χ0) is 14.9. The van der Waals surface area contributed by atoms with Gasteiger partial charge in [0.15, 0.2) is 0 Å². The summed E-state index contributed by atoms with van der Waals surface area (Å²) in [6.45, 7) is 6.46. The molecule has 1 fully saturated rings. The van der Waals surface area contributed by atoms with E-state index in [1.165, 1.54) is 30.4 Å². The normalized spacial score (nSPS) is 24.2. The molecule has 0 bridgehead atoms. The highest BCUT2D eigenvalue weighted by Crippen LogP contribution is 2.35. The van der Waals surface area contributed by atoms with Crippen LogP contribution < -0.4 is 10.6 Å². The van der Waals surface area contributed by atoms with E-state index in [-0.39, 0.29) is 11.3 Å². The number of carbonyl (C=O) groups excluding carboxylic acids is 1. The van der Waals surface area contributed by atoms with Crippen LogP contribution >= 0.6 is 0 Å². The Hall–Kier alpha value is -1.35. The molecule has 1 aromatic carbocycles. The number of carbonyl (C=O) groups is 1. The van der Waals surface area contributed by atoms with Crippen LogP contribution in [-0.2, 0) is 13.0 Å². The molecule has 1 aromatic rings. The number of amides is 1. The number of rotatable bonds is 2. The van der Waals surface area contributed by atoms with Crippen LogP contribution in [0.5, 0.6) is 0 Å². The standard InChI is InChI=1S/C18H26N2O/c1-18(2)9-4-3-5-16(18)20-17(21)14-7-6-13-8-10-19-12-15(13)11-14/h6-7,11,16,19H,3-5,8-10,12H2,1-2H3,(H,20,21). The third-order valence-electron chi connectivity index (χ3n) is 5.17. The van der Waals surface area contributed by atoms with Gasteiger partial charge in [-0.3, -0.25) is 4.79 Å². The summed E-state index contributed by atoms with van der Waals surface area (Å²) in [5.74, 6) is 0.0864. The van der Waals surface area contributed by atoms with Gasteiger partial charge in [0.05, 0.1) is 0 Å². The lowest BCUT2D eigenvalue weighted by Crippen LogP contribution is -2.46. The van der Waals surface area contributed by atoms with E-state index in [1.54, 1.807) is 0 Å². The molecule has 3 nitrogen and oxygen atoms in total. The smallest absolute Gasteiger partial charge is 0.251 e. The number of hydrogen-bond donors (Lipinski definition) is 2. The van der Waals surface area contributed by atoms with Gasteiger partial charge in [-0.15, -0.1) is 0 Å². The average molecular weight is 286 g/mol. The largest absolute Gasteiger partial charge is 0.349 e. The third kappa shape index (κ3) is 3.13. The van der Waals surface area contributed by atoms with E-state index in [0.29, 0.717) is 6.04 Å². The number of fused-ring (bicyclic) bond motifs is 1. The molecule has 3 rings (SSSR count). The highest BCUT2D eigenvalue weighted by atomic mass is 16.1. The van der Waals surface area contributed by atoms with E-state index in [4.69, 9.17) is 0 Å². The van der Waals surface area contributed by atoms with Crippen molar-refractivity contribution in [1.82, 2.24) is 10.6 Å². The lowest BCUT2D eigenvalue weighted by molar-refractivity contribution is 0.0853. The summed E-state index contributed by atoms with van der Waals surface area (Å²) < 4.78 is 0. The van der Waals surface area contributed by atoms with Crippen LogP contribution in [0, 0.1) is 5.41 Å². The molecular formula is C18H26N2O. The maximum atomic E-state index is 12.6. The van der Waals surface area contributed by atoms with Crippen molar-refractivity contribution in [2.45, 2.75) is 58.5 Å². The molecule has 0 aromatic heterocycles. The molecule has 1 amide bonds. The number of nitrogens with one attached hydrogen (secondary N) is 2. The van der Waals surface area contributed by atoms with Crippen molar-refractivity contribution in [3.05, 3.63) is 34.9 Å². The van der Waals surface area contributed by atoms with Gasteiger partial charge in [-0.2, -0.15) is 0 Å². The highest BCUT2D eigenvalue weighted by molar-refractivity contribution is 5.94. The molecule has 1 atom stereocenters. The van der Waals surface area contributed by atoms with Crippen molar-refractivity contribution < 1.29 is 4.79 Å². The average Bonchev–Trinajstić information content (AvgIpc) is 2.48. The molecule has 3 heteroatoms. The first kappa shape index (κ1) is 14.6. The summed E-state index contributed by atoms with van der Waals surface area (Å²) in [6.07, 6.45) is 5.87. The van der Waals surface area contributed by atoms with Crippen LogP contribution in [0.1, 0.15) is 61.0 Å². The molecule has 21 heavy (non-hydrogen) atoms. The Balaban J connectivity index is 1.73. The fraction of sp³-hybridized carbons (Fsp3) is 0.611. The van der Waals surface area contributed by atoms with Gasteiger partial charge in [0.25, 0.3) is 5.91 Å². The van der Waals surface area contributed by atoms with E-state index >= 15 is 0 Å². The summed E-state index contributed by atoms with van der Waals surface area (Å²) in [7, 11) is 0. The zero-order valence-corrected chi connectivity index (χ0v) is 13.2. The lowest BCUT2D eigenvalue weighted by atomic mass is 9.73. The van der Waals surface area contributed by atoms with Crippen molar-refractivity contribution in [3.8, 4) is 0 Å². The van der Waals surface area contributed by atoms with Crippen molar-refractivity contribution in [2.75, 3.05) is 6.54 Å². The van der Waals surface area contributed by atoms with E-state index in [2.05, 4.69) is 36.6 Å². The van der Waals surface area contributed by atoms with Gasteiger partial charge in [-0.05, 0) is 54.5 Å². The number of hydrogen-bond acceptors (Lipinski definition) is 2. The summed E-state index contributed by atoms with van der Waals surface area (Å²) >= 11 is 0. The van der Waals surface area contributed by atoms with E-state index in [0.717, 1.165) is 31.5 Å². The van der Waals surface area contributed by atoms with Crippen molar-refractivity contribution in [3.63, 3.8) is 0 Å². The predicted octanol–water partition coefficient (Wildman–Crippen LogP) is 3.03. The van der Waals surface area contributed by atoms with Crippen LogP contribution in [0.3, 0.4) is 0 Å². The lowest BCUT2D eigenvalue weighted by Gasteiger charge is -2.39. The summed E-state index contributed by atoms with van der Waals surface area (Å²) in [5.41, 5.74) is 3.67. The minimum atomic E-state index is 0.0864. The Morgan fingerprint density at radius 1 is 1.29 bits per heavy atom. The Labute approximate surface area is 127 Å². The Kier molecular flexibility index (Phi) is 4.03. The predicted molar refractivity (Wildman–Crippen MR) is 85.4 cm³/mol. The highest BCUT2D eigenvalue weighted by Gasteiger charge is 2.33. The quantitative estimate of drug-likeness (QED) is 0.877. The van der Waals surface area contributed by atoms with Gasteiger partial charge in [-0.25, -0.2) is 0 Å². The maximum absolute atomic E-state index is 12.6. The monoisotopic (exact) mass is 286 g/mol. The molecule has 0 spiro atoms. The Morgan fingerprint density at radius 2 is 2.14 bits per heavy atom. The second kappa shape index (κ2) is 5.80. The molecule has 0 radical (unpaired) electrons. The van der Waals surface area contributed by atoms with Crippen LogP contribution in [0.4, 0.5) is 0 Å². The van der Waals surface area contributed by atoms with Crippen molar-refractivity contribution in [1.29, 1.82) is 0 Å². The van der Waals surface area contributed by atoms with E-state index in [9.17, 15) is 4.79 Å². The Morgan fingerprint density at radius 3 is 2.95 bits per heavy atom. The van der Waals surface area contributed by atoms with Crippen molar-refractivity contribution >= 4 is 5.91 Å². The minimum Gasteiger partial charge on any atom is -0.349 e. The maximum Gasteiger partial charge on any atom is 0.251 e. The summed E-state index contributed by atoms with van der Waals surface area (Å²) in [5, 5.41) is 6.64. The molecular weight excluding hydrogens is 260 g/mol. The van der Waals surface area contributed by atoms with Gasteiger partial charge >= 0.3 is 0 Å². The fourth-order valence-electron chi connectivity index (χ4n) is 3.62. The van der Waals surface area contributed by atoms with Gasteiger partial charge in [-0.1, -0.05) is 32.8 Å². The van der Waals surface area contributed by atoms with Gasteiger partial charge in [0.1, 0.15) is 0 Å². The van der Waals surface area contributed by atoms with Crippen LogP contribution in [0.15, 0.2) is 18.2 Å². The van der Waals surface area contributed by atoms with E-state index in [1.807, 2.05) is 6.07 Å². The van der Waals surface area contributed by atoms with Crippen LogP contribution in [0.2, 0.25) is 0 Å². The molecule has 1 saturated carbocycles. The van der Waals surface area contributed by atoms with Gasteiger partial charge < -0.3 is 10.6 Å². The second-order valence-electron chi connectivity index (χ2n) is 7.17. The summed E-state index contributed by atoms with van der Waals surface area (Å²) in [6, 6.07) is 6.46. The molecule has 1 aliphatic carbocycles. The molecule has 0 saturated heterocycles. The topological polar surface area (TPSA) is 41.1 Å². The second-order valence-corrected chi connectivity index (χ2v) is 7.17. The summed E-state index contributed by atoms with van der Waals surface area (Å²) in [4.78, 5) is 12.6. The third-order valence-corrected chi connectivity index (χ3v) is 5.17. The van der Waals surface area contributed by atoms with Gasteiger partial charge in [0, 0.05) is 18.2 Å². The molecule has 2 N–H and O–H groups in total.